The minimum Gasteiger partial charge on any atom is -0.296 e. The number of benzene rings is 2. The summed E-state index contributed by atoms with van der Waals surface area (Å²) in [5.74, 6) is -0.620. The van der Waals surface area contributed by atoms with Gasteiger partial charge in [0, 0.05) is 43.8 Å². The van der Waals surface area contributed by atoms with E-state index in [0.717, 1.165) is 17.7 Å². The summed E-state index contributed by atoms with van der Waals surface area (Å²) in [5, 5.41) is 8.69. The number of hydrogen-bond acceptors (Lipinski definition) is 4. The Kier molecular flexibility index (Phi) is 7.59. The maximum Gasteiger partial charge on any atom is 0.416 e. The number of nitrogens with zero attached hydrogens (tertiary/aromatic N) is 2. The standard InChI is InChI=1S/C23H25F6N3O2/c1-14-10-31(12-16-3-5-18(6-4-16)21(33)30-34)11-15(2)32(14)13-17-7-19(22(24,25)26)9-20(8-17)23(27,28)29/h3-9,14-15,34H,10-13H2,1-2H3,(H,30,33)/t14-,15+. The average molecular weight is 489 g/mol. The summed E-state index contributed by atoms with van der Waals surface area (Å²) in [6.07, 6.45) is -9.75. The van der Waals surface area contributed by atoms with Crippen LogP contribution in [0.5, 0.6) is 0 Å². The van der Waals surface area contributed by atoms with Crippen molar-refractivity contribution in [2.75, 3.05) is 13.1 Å². The van der Waals surface area contributed by atoms with Crippen LogP contribution in [0, 0.1) is 0 Å². The lowest BCUT2D eigenvalue weighted by Gasteiger charge is -2.44. The lowest BCUT2D eigenvalue weighted by Crippen LogP contribution is -2.55. The second-order valence-electron chi connectivity index (χ2n) is 8.62. The second-order valence-corrected chi connectivity index (χ2v) is 8.62. The molecule has 0 radical (unpaired) electrons. The van der Waals surface area contributed by atoms with Crippen molar-refractivity contribution in [3.8, 4) is 0 Å². The molecule has 1 aliphatic heterocycles. The first-order chi connectivity index (χ1) is 15.8. The topological polar surface area (TPSA) is 55.8 Å². The smallest absolute Gasteiger partial charge is 0.296 e. The molecule has 1 saturated heterocycles. The van der Waals surface area contributed by atoms with E-state index in [0.29, 0.717) is 25.2 Å². The van der Waals surface area contributed by atoms with Crippen LogP contribution in [0.2, 0.25) is 0 Å². The maximum atomic E-state index is 13.2. The van der Waals surface area contributed by atoms with E-state index in [9.17, 15) is 31.1 Å². The van der Waals surface area contributed by atoms with Gasteiger partial charge in [-0.1, -0.05) is 12.1 Å². The molecule has 3 rings (SSSR count). The molecule has 1 heterocycles. The van der Waals surface area contributed by atoms with Crippen molar-refractivity contribution < 1.29 is 36.3 Å². The van der Waals surface area contributed by atoms with E-state index in [1.54, 1.807) is 29.7 Å². The molecule has 0 aromatic heterocycles. The van der Waals surface area contributed by atoms with E-state index >= 15 is 0 Å². The molecule has 2 aromatic rings. The van der Waals surface area contributed by atoms with Gasteiger partial charge in [0.15, 0.2) is 0 Å². The van der Waals surface area contributed by atoms with Crippen LogP contribution in [-0.2, 0) is 25.4 Å². The summed E-state index contributed by atoms with van der Waals surface area (Å²) in [4.78, 5) is 15.5. The van der Waals surface area contributed by atoms with E-state index in [2.05, 4.69) is 4.90 Å². The van der Waals surface area contributed by atoms with Gasteiger partial charge in [0.25, 0.3) is 5.91 Å². The number of rotatable bonds is 5. The van der Waals surface area contributed by atoms with E-state index in [1.807, 2.05) is 18.7 Å². The Morgan fingerprint density at radius 3 is 1.82 bits per heavy atom. The molecule has 0 aliphatic carbocycles. The molecule has 5 nitrogen and oxygen atoms in total. The zero-order valence-corrected chi connectivity index (χ0v) is 18.5. The van der Waals surface area contributed by atoms with Crippen LogP contribution >= 0.6 is 0 Å². The van der Waals surface area contributed by atoms with Crippen molar-refractivity contribution >= 4 is 5.91 Å². The molecular formula is C23H25F6N3O2. The highest BCUT2D eigenvalue weighted by atomic mass is 19.4. The predicted molar refractivity (Wildman–Crippen MR) is 112 cm³/mol. The third kappa shape index (κ3) is 6.28. The van der Waals surface area contributed by atoms with E-state index in [1.165, 1.54) is 0 Å². The normalized spacial score (nSPS) is 20.4. The first-order valence-electron chi connectivity index (χ1n) is 10.6. The second kappa shape index (κ2) is 9.93. The van der Waals surface area contributed by atoms with Crippen LogP contribution in [0.15, 0.2) is 42.5 Å². The summed E-state index contributed by atoms with van der Waals surface area (Å²) in [6, 6.07) is 8.14. The average Bonchev–Trinajstić information content (AvgIpc) is 2.75. The number of carbonyl (C=O) groups excluding carboxylic acids is 1. The molecular weight excluding hydrogens is 464 g/mol. The highest BCUT2D eigenvalue weighted by Crippen LogP contribution is 2.37. The molecule has 2 atom stereocenters. The fourth-order valence-corrected chi connectivity index (χ4v) is 4.31. The van der Waals surface area contributed by atoms with Crippen molar-refractivity contribution in [2.24, 2.45) is 0 Å². The molecule has 11 heteroatoms. The van der Waals surface area contributed by atoms with Gasteiger partial charge in [-0.05, 0) is 55.3 Å². The molecule has 2 N–H and O–H groups in total. The van der Waals surface area contributed by atoms with Crippen LogP contribution in [-0.4, -0.2) is 46.1 Å². The molecule has 1 aliphatic rings. The SMILES string of the molecule is C[C@@H]1CN(Cc2ccc(C(=O)NO)cc2)C[C@H](C)N1Cc1cc(C(F)(F)F)cc(C(F)(F)F)c1. The zero-order valence-electron chi connectivity index (χ0n) is 18.5. The first-order valence-corrected chi connectivity index (χ1v) is 10.6. The molecule has 1 fully saturated rings. The lowest BCUT2D eigenvalue weighted by molar-refractivity contribution is -0.143. The molecule has 34 heavy (non-hydrogen) atoms. The van der Waals surface area contributed by atoms with Crippen LogP contribution in [0.3, 0.4) is 0 Å². The summed E-state index contributed by atoms with van der Waals surface area (Å²) < 4.78 is 79.2. The first kappa shape index (κ1) is 26.0. The van der Waals surface area contributed by atoms with Gasteiger partial charge < -0.3 is 0 Å². The number of piperazine rings is 1. The fraction of sp³-hybridized carbons (Fsp3) is 0.435. The van der Waals surface area contributed by atoms with Crippen molar-refractivity contribution in [2.45, 2.75) is 51.4 Å². The molecule has 0 unspecified atom stereocenters. The number of carbonyl (C=O) groups is 1. The third-order valence-electron chi connectivity index (χ3n) is 5.91. The molecule has 186 valence electrons. The van der Waals surface area contributed by atoms with Crippen molar-refractivity contribution in [1.82, 2.24) is 15.3 Å². The number of halogens is 6. The summed E-state index contributed by atoms with van der Waals surface area (Å²) in [6.45, 7) is 5.42. The minimum atomic E-state index is -4.88. The van der Waals surface area contributed by atoms with Crippen molar-refractivity contribution in [3.05, 3.63) is 70.3 Å². The van der Waals surface area contributed by atoms with E-state index in [-0.39, 0.29) is 30.3 Å². The molecule has 0 saturated carbocycles. The Morgan fingerprint density at radius 2 is 1.38 bits per heavy atom. The lowest BCUT2D eigenvalue weighted by atomic mass is 10.0. The number of alkyl halides is 6. The fourth-order valence-electron chi connectivity index (χ4n) is 4.31. The van der Waals surface area contributed by atoms with Crippen molar-refractivity contribution in [3.63, 3.8) is 0 Å². The van der Waals surface area contributed by atoms with Gasteiger partial charge >= 0.3 is 12.4 Å². The molecule has 1 amide bonds. The van der Waals surface area contributed by atoms with Crippen LogP contribution in [0.25, 0.3) is 0 Å². The molecule has 0 bridgehead atoms. The summed E-state index contributed by atoms with van der Waals surface area (Å²) >= 11 is 0. The van der Waals surface area contributed by atoms with E-state index < -0.39 is 29.4 Å². The van der Waals surface area contributed by atoms with Gasteiger partial charge in [-0.25, -0.2) is 5.48 Å². The highest BCUT2D eigenvalue weighted by molar-refractivity contribution is 5.93. The quantitative estimate of drug-likeness (QED) is 0.355. The highest BCUT2D eigenvalue weighted by Gasteiger charge is 2.37. The number of hydrogen-bond donors (Lipinski definition) is 2. The van der Waals surface area contributed by atoms with Gasteiger partial charge in [-0.15, -0.1) is 0 Å². The van der Waals surface area contributed by atoms with E-state index in [4.69, 9.17) is 5.21 Å². The Bertz CT molecular complexity index is 963. The summed E-state index contributed by atoms with van der Waals surface area (Å²) in [7, 11) is 0. The van der Waals surface area contributed by atoms with Gasteiger partial charge in [0.1, 0.15) is 0 Å². The number of amides is 1. The minimum absolute atomic E-state index is 0.0336. The maximum absolute atomic E-state index is 13.2. The van der Waals surface area contributed by atoms with Crippen LogP contribution < -0.4 is 5.48 Å². The Labute approximate surface area is 192 Å². The molecule has 0 spiro atoms. The van der Waals surface area contributed by atoms with Gasteiger partial charge in [-0.2, -0.15) is 26.3 Å². The Balaban J connectivity index is 1.72. The summed E-state index contributed by atoms with van der Waals surface area (Å²) in [5.41, 5.74) is 0.135. The van der Waals surface area contributed by atoms with Crippen molar-refractivity contribution in [1.29, 1.82) is 0 Å². The Hall–Kier alpha value is -2.63. The Morgan fingerprint density at radius 1 is 0.882 bits per heavy atom. The van der Waals surface area contributed by atoms with Crippen LogP contribution in [0.1, 0.15) is 46.5 Å². The zero-order chi connectivity index (χ0) is 25.3. The number of nitrogens with one attached hydrogen (secondary N) is 1. The third-order valence-corrected chi connectivity index (χ3v) is 5.91. The monoisotopic (exact) mass is 489 g/mol. The van der Waals surface area contributed by atoms with Crippen LogP contribution in [0.4, 0.5) is 26.3 Å². The predicted octanol–water partition coefficient (Wildman–Crippen LogP) is 4.94. The van der Waals surface area contributed by atoms with Gasteiger partial charge in [0.05, 0.1) is 11.1 Å². The van der Waals surface area contributed by atoms with Gasteiger partial charge in [0.2, 0.25) is 0 Å². The number of hydroxylamine groups is 1. The molecule has 2 aromatic carbocycles. The largest absolute Gasteiger partial charge is 0.416 e. The van der Waals surface area contributed by atoms with Gasteiger partial charge in [-0.3, -0.25) is 19.8 Å².